The fourth-order valence-corrected chi connectivity index (χ4v) is 3.71. The first-order chi connectivity index (χ1) is 14.6. The minimum Gasteiger partial charge on any atom is -0.355 e. The molecule has 2 aromatic carbocycles. The number of benzene rings is 2. The van der Waals surface area contributed by atoms with Crippen LogP contribution in [-0.2, 0) is 6.54 Å². The number of halogens is 1. The molecule has 0 bridgehead atoms. The Bertz CT molecular complexity index is 835. The number of rotatable bonds is 7. The van der Waals surface area contributed by atoms with Gasteiger partial charge in [0.2, 0.25) is 0 Å². The first-order valence-electron chi connectivity index (χ1n) is 10.7. The number of hydrogen-bond acceptors (Lipinski definition) is 3. The molecule has 1 aliphatic heterocycles. The van der Waals surface area contributed by atoms with Crippen molar-refractivity contribution in [3.63, 3.8) is 0 Å². The Labute approximate surface area is 202 Å². The predicted octanol–water partition coefficient (Wildman–Crippen LogP) is 3.17. The van der Waals surface area contributed by atoms with Crippen LogP contribution in [0.5, 0.6) is 0 Å². The van der Waals surface area contributed by atoms with Gasteiger partial charge in [-0.2, -0.15) is 0 Å². The lowest BCUT2D eigenvalue weighted by molar-refractivity contribution is 0.0954. The van der Waals surface area contributed by atoms with E-state index < -0.39 is 0 Å². The van der Waals surface area contributed by atoms with E-state index >= 15 is 0 Å². The van der Waals surface area contributed by atoms with Gasteiger partial charge >= 0.3 is 0 Å². The molecule has 0 aliphatic carbocycles. The summed E-state index contributed by atoms with van der Waals surface area (Å²) in [7, 11) is 1.78. The fourth-order valence-electron chi connectivity index (χ4n) is 3.71. The Morgan fingerprint density at radius 3 is 2.42 bits per heavy atom. The number of aliphatic imine (C=N–C) groups is 1. The maximum absolute atomic E-state index is 12.2. The van der Waals surface area contributed by atoms with Crippen molar-refractivity contribution in [3.8, 4) is 0 Å². The van der Waals surface area contributed by atoms with Crippen LogP contribution in [0.3, 0.4) is 0 Å². The lowest BCUT2D eigenvalue weighted by Gasteiger charge is -2.33. The summed E-state index contributed by atoms with van der Waals surface area (Å²) in [5, 5.41) is 9.76. The number of hydrogen-bond donors (Lipinski definition) is 3. The van der Waals surface area contributed by atoms with Gasteiger partial charge in [0.15, 0.2) is 5.96 Å². The molecule has 31 heavy (non-hydrogen) atoms. The Balaban J connectivity index is 0.00000341. The summed E-state index contributed by atoms with van der Waals surface area (Å²) in [4.78, 5) is 19.0. The second-order valence-electron chi connectivity index (χ2n) is 7.80. The average Bonchev–Trinajstić information content (AvgIpc) is 2.77. The van der Waals surface area contributed by atoms with Crippen molar-refractivity contribution < 1.29 is 4.79 Å². The van der Waals surface area contributed by atoms with Crippen molar-refractivity contribution >= 4 is 35.8 Å². The third-order valence-corrected chi connectivity index (χ3v) is 5.38. The van der Waals surface area contributed by atoms with Crippen LogP contribution in [0.25, 0.3) is 0 Å². The molecule has 1 amide bonds. The van der Waals surface area contributed by atoms with Gasteiger partial charge in [0.25, 0.3) is 5.91 Å². The largest absolute Gasteiger partial charge is 0.355 e. The van der Waals surface area contributed by atoms with E-state index in [1.54, 1.807) is 7.05 Å². The summed E-state index contributed by atoms with van der Waals surface area (Å²) in [5.41, 5.74) is 3.15. The molecule has 0 radical (unpaired) electrons. The normalized spacial score (nSPS) is 15.1. The van der Waals surface area contributed by atoms with Gasteiger partial charge in [-0.1, -0.05) is 48.0 Å². The molecule has 7 heteroatoms. The zero-order valence-corrected chi connectivity index (χ0v) is 20.8. The van der Waals surface area contributed by atoms with E-state index in [0.717, 1.165) is 44.0 Å². The third kappa shape index (κ3) is 8.49. The van der Waals surface area contributed by atoms with Crippen LogP contribution in [0.2, 0.25) is 0 Å². The van der Waals surface area contributed by atoms with Gasteiger partial charge in [0.1, 0.15) is 0 Å². The number of likely N-dealkylation sites (tertiary alicyclic amines) is 1. The molecule has 2 aromatic rings. The number of amides is 1. The minimum absolute atomic E-state index is 0. The molecule has 0 aromatic heterocycles. The zero-order chi connectivity index (χ0) is 21.2. The number of aryl methyl sites for hydroxylation is 1. The van der Waals surface area contributed by atoms with Crippen molar-refractivity contribution in [2.24, 2.45) is 4.99 Å². The van der Waals surface area contributed by atoms with Gasteiger partial charge in [-0.3, -0.25) is 14.7 Å². The van der Waals surface area contributed by atoms with E-state index in [2.05, 4.69) is 56.2 Å². The monoisotopic (exact) mass is 535 g/mol. The van der Waals surface area contributed by atoms with Crippen LogP contribution >= 0.6 is 24.0 Å². The molecule has 0 spiro atoms. The Hall–Kier alpha value is -2.13. The number of nitrogens with one attached hydrogen (secondary N) is 3. The predicted molar refractivity (Wildman–Crippen MR) is 138 cm³/mol. The molecule has 6 nitrogen and oxygen atoms in total. The lowest BCUT2D eigenvalue weighted by atomic mass is 10.0. The van der Waals surface area contributed by atoms with Gasteiger partial charge in [-0.05, 0) is 37.5 Å². The van der Waals surface area contributed by atoms with Crippen LogP contribution in [0.1, 0.15) is 34.3 Å². The number of nitrogens with zero attached hydrogens (tertiary/aromatic N) is 2. The van der Waals surface area contributed by atoms with Crippen LogP contribution in [0, 0.1) is 6.92 Å². The van der Waals surface area contributed by atoms with Crippen LogP contribution in [0.4, 0.5) is 0 Å². The first-order valence-corrected chi connectivity index (χ1v) is 10.7. The Morgan fingerprint density at radius 1 is 1.03 bits per heavy atom. The second-order valence-corrected chi connectivity index (χ2v) is 7.80. The smallest absolute Gasteiger partial charge is 0.251 e. The minimum atomic E-state index is -0.0470. The summed E-state index contributed by atoms with van der Waals surface area (Å²) < 4.78 is 0. The van der Waals surface area contributed by atoms with Crippen molar-refractivity contribution in [1.29, 1.82) is 0 Å². The van der Waals surface area contributed by atoms with Gasteiger partial charge in [-0.25, -0.2) is 0 Å². The zero-order valence-electron chi connectivity index (χ0n) is 18.4. The molecule has 0 unspecified atom stereocenters. The quantitative estimate of drug-likeness (QED) is 0.221. The first kappa shape index (κ1) is 25.1. The van der Waals surface area contributed by atoms with E-state index in [1.165, 1.54) is 5.56 Å². The van der Waals surface area contributed by atoms with Crippen LogP contribution in [0.15, 0.2) is 59.6 Å². The SMILES string of the molecule is CN=C(NCCNC(=O)c1cccc(C)c1)NC1CCN(Cc2ccccc2)CC1.I. The Morgan fingerprint density at radius 2 is 1.74 bits per heavy atom. The molecule has 168 valence electrons. The molecule has 1 saturated heterocycles. The second kappa shape index (κ2) is 13.3. The van der Waals surface area contributed by atoms with Crippen molar-refractivity contribution in [1.82, 2.24) is 20.9 Å². The highest BCUT2D eigenvalue weighted by Gasteiger charge is 2.20. The maximum atomic E-state index is 12.2. The topological polar surface area (TPSA) is 68.8 Å². The van der Waals surface area contributed by atoms with Gasteiger partial charge < -0.3 is 16.0 Å². The highest BCUT2D eigenvalue weighted by Crippen LogP contribution is 2.13. The molecule has 3 rings (SSSR count). The molecular weight excluding hydrogens is 501 g/mol. The average molecular weight is 535 g/mol. The van der Waals surface area contributed by atoms with E-state index in [-0.39, 0.29) is 29.9 Å². The Kier molecular flexibility index (Phi) is 10.8. The van der Waals surface area contributed by atoms with Crippen molar-refractivity contribution in [3.05, 3.63) is 71.3 Å². The summed E-state index contributed by atoms with van der Waals surface area (Å²) in [6.07, 6.45) is 2.19. The highest BCUT2D eigenvalue weighted by molar-refractivity contribution is 14.0. The summed E-state index contributed by atoms with van der Waals surface area (Å²) in [6.45, 7) is 6.33. The molecule has 3 N–H and O–H groups in total. The molecule has 0 saturated carbocycles. The van der Waals surface area contributed by atoms with Crippen molar-refractivity contribution in [2.45, 2.75) is 32.4 Å². The maximum Gasteiger partial charge on any atom is 0.251 e. The molecule has 1 heterocycles. The third-order valence-electron chi connectivity index (χ3n) is 5.38. The van der Waals surface area contributed by atoms with E-state index in [4.69, 9.17) is 0 Å². The van der Waals surface area contributed by atoms with Crippen molar-refractivity contribution in [2.75, 3.05) is 33.2 Å². The molecule has 1 fully saturated rings. The van der Waals surface area contributed by atoms with Crippen LogP contribution in [-0.4, -0.2) is 56.0 Å². The lowest BCUT2D eigenvalue weighted by Crippen LogP contribution is -2.49. The molecule has 1 aliphatic rings. The number of piperidine rings is 1. The standard InChI is InChI=1S/C24H33N5O.HI/c1-19-7-6-10-21(17-19)23(30)26-13-14-27-24(25-2)28-22-11-15-29(16-12-22)18-20-8-4-3-5-9-20;/h3-10,17,22H,11-16,18H2,1-2H3,(H,26,30)(H2,25,27,28);1H. The van der Waals surface area contributed by atoms with E-state index in [9.17, 15) is 4.79 Å². The summed E-state index contributed by atoms with van der Waals surface area (Å²) in [5.74, 6) is 0.746. The van der Waals surface area contributed by atoms with Gasteiger partial charge in [-0.15, -0.1) is 24.0 Å². The highest BCUT2D eigenvalue weighted by atomic mass is 127. The molecular formula is C24H34IN5O. The van der Waals surface area contributed by atoms with E-state index in [0.29, 0.717) is 24.7 Å². The fraction of sp³-hybridized carbons (Fsp3) is 0.417. The van der Waals surface area contributed by atoms with Gasteiger partial charge in [0, 0.05) is 51.4 Å². The molecule has 0 atom stereocenters. The number of guanidine groups is 1. The summed E-state index contributed by atoms with van der Waals surface area (Å²) in [6, 6.07) is 18.7. The van der Waals surface area contributed by atoms with Crippen LogP contribution < -0.4 is 16.0 Å². The van der Waals surface area contributed by atoms with E-state index in [1.807, 2.05) is 31.2 Å². The number of carbonyl (C=O) groups excluding carboxylic acids is 1. The number of carbonyl (C=O) groups is 1. The van der Waals surface area contributed by atoms with Gasteiger partial charge in [0.05, 0.1) is 0 Å². The summed E-state index contributed by atoms with van der Waals surface area (Å²) >= 11 is 0.